The van der Waals surface area contributed by atoms with Gasteiger partial charge in [-0.3, -0.25) is 9.48 Å². The van der Waals surface area contributed by atoms with Gasteiger partial charge in [0.15, 0.2) is 5.76 Å². The van der Waals surface area contributed by atoms with Crippen molar-refractivity contribution in [3.63, 3.8) is 0 Å². The highest BCUT2D eigenvalue weighted by atomic mass is 16.5. The lowest BCUT2D eigenvalue weighted by molar-refractivity contribution is -0.144. The van der Waals surface area contributed by atoms with E-state index in [1.807, 2.05) is 31.6 Å². The molecule has 2 N–H and O–H groups in total. The molecule has 2 fully saturated rings. The predicted octanol–water partition coefficient (Wildman–Crippen LogP) is 2.08. The maximum absolute atomic E-state index is 12.4. The van der Waals surface area contributed by atoms with Gasteiger partial charge in [0.05, 0.1) is 28.8 Å². The van der Waals surface area contributed by atoms with Crippen molar-refractivity contribution >= 4 is 11.9 Å². The fourth-order valence-electron chi connectivity index (χ4n) is 4.45. The number of anilines is 1. The van der Waals surface area contributed by atoms with E-state index in [1.54, 1.807) is 36.1 Å². The third-order valence-corrected chi connectivity index (χ3v) is 6.72. The van der Waals surface area contributed by atoms with Gasteiger partial charge >= 0.3 is 0 Å². The molecule has 4 aromatic rings. The molecule has 4 aromatic heterocycles. The lowest BCUT2D eigenvalue weighted by Crippen LogP contribution is -2.35. The summed E-state index contributed by atoms with van der Waals surface area (Å²) in [4.78, 5) is 27.6. The molecule has 0 bridgehead atoms. The first-order valence-electron chi connectivity index (χ1n) is 11.4. The van der Waals surface area contributed by atoms with Crippen molar-refractivity contribution in [1.82, 2.24) is 34.8 Å². The lowest BCUT2D eigenvalue weighted by Gasteiger charge is -2.16. The van der Waals surface area contributed by atoms with Crippen molar-refractivity contribution in [3.8, 4) is 22.8 Å². The summed E-state index contributed by atoms with van der Waals surface area (Å²) in [6, 6.07) is 8.86. The largest absolute Gasteiger partial charge is 0.373 e. The molecular weight excluding hydrogens is 448 g/mol. The Labute approximate surface area is 200 Å². The van der Waals surface area contributed by atoms with E-state index in [0.29, 0.717) is 35.3 Å². The summed E-state index contributed by atoms with van der Waals surface area (Å²) in [5, 5.41) is 22.6. The van der Waals surface area contributed by atoms with Crippen LogP contribution >= 0.6 is 0 Å². The first-order valence-corrected chi connectivity index (χ1v) is 11.4. The minimum atomic E-state index is -1.70. The van der Waals surface area contributed by atoms with Gasteiger partial charge < -0.3 is 19.8 Å². The molecule has 1 unspecified atom stereocenters. The average Bonchev–Trinajstić information content (AvgIpc) is 3.18. The van der Waals surface area contributed by atoms with Crippen LogP contribution in [0.3, 0.4) is 0 Å². The second kappa shape index (κ2) is 7.70. The molecule has 2 aliphatic rings. The first-order chi connectivity index (χ1) is 16.9. The SMILES string of the molecule is CN1CCC(O)(c2cc(-c3cccc(-c4ccnc(NC5(c6cnn(C)c6)CC5)n4)n3)no2)C1=O. The van der Waals surface area contributed by atoms with Crippen molar-refractivity contribution in [3.05, 3.63) is 60.2 Å². The molecule has 1 aliphatic heterocycles. The number of amides is 1. The van der Waals surface area contributed by atoms with Gasteiger partial charge in [-0.25, -0.2) is 15.0 Å². The van der Waals surface area contributed by atoms with Gasteiger partial charge in [-0.05, 0) is 31.0 Å². The Morgan fingerprint density at radius 1 is 1.06 bits per heavy atom. The number of aromatic nitrogens is 6. The number of carbonyl (C=O) groups excluding carboxylic acids is 1. The third-order valence-electron chi connectivity index (χ3n) is 6.72. The number of aliphatic hydroxyl groups is 1. The summed E-state index contributed by atoms with van der Waals surface area (Å²) in [6.45, 7) is 0.450. The minimum Gasteiger partial charge on any atom is -0.373 e. The summed E-state index contributed by atoms with van der Waals surface area (Å²) in [5.41, 5.74) is 1.49. The molecule has 11 nitrogen and oxygen atoms in total. The van der Waals surface area contributed by atoms with Crippen molar-refractivity contribution in [2.24, 2.45) is 7.05 Å². The van der Waals surface area contributed by atoms with E-state index in [9.17, 15) is 9.90 Å². The van der Waals surface area contributed by atoms with Gasteiger partial charge in [0.2, 0.25) is 11.5 Å². The molecule has 0 aromatic carbocycles. The molecular formula is C24H24N8O3. The minimum absolute atomic E-state index is 0.118. The quantitative estimate of drug-likeness (QED) is 0.432. The maximum atomic E-state index is 12.4. The fraction of sp³-hybridized carbons (Fsp3) is 0.333. The van der Waals surface area contributed by atoms with Crippen LogP contribution in [0.5, 0.6) is 0 Å². The molecule has 11 heteroatoms. The van der Waals surface area contributed by atoms with Gasteiger partial charge in [-0.2, -0.15) is 5.10 Å². The van der Waals surface area contributed by atoms with Gasteiger partial charge in [-0.1, -0.05) is 11.2 Å². The van der Waals surface area contributed by atoms with Gasteiger partial charge in [0.25, 0.3) is 5.91 Å². The molecule has 1 saturated heterocycles. The van der Waals surface area contributed by atoms with E-state index < -0.39 is 11.5 Å². The zero-order chi connectivity index (χ0) is 24.2. The molecule has 6 rings (SSSR count). The van der Waals surface area contributed by atoms with Crippen molar-refractivity contribution in [1.29, 1.82) is 0 Å². The molecule has 1 aliphatic carbocycles. The second-order valence-corrected chi connectivity index (χ2v) is 9.20. The van der Waals surface area contributed by atoms with Crippen LogP contribution in [0.2, 0.25) is 0 Å². The highest BCUT2D eigenvalue weighted by molar-refractivity contribution is 5.87. The van der Waals surface area contributed by atoms with Gasteiger partial charge in [0.1, 0.15) is 5.69 Å². The van der Waals surface area contributed by atoms with Crippen LogP contribution in [-0.2, 0) is 23.0 Å². The summed E-state index contributed by atoms with van der Waals surface area (Å²) in [7, 11) is 3.55. The fourth-order valence-corrected chi connectivity index (χ4v) is 4.45. The van der Waals surface area contributed by atoms with E-state index >= 15 is 0 Å². The highest BCUT2D eigenvalue weighted by Gasteiger charge is 2.48. The van der Waals surface area contributed by atoms with Crippen molar-refractivity contribution in [2.75, 3.05) is 18.9 Å². The summed E-state index contributed by atoms with van der Waals surface area (Å²) in [5.74, 6) is 0.237. The Morgan fingerprint density at radius 2 is 1.83 bits per heavy atom. The van der Waals surface area contributed by atoms with Crippen LogP contribution in [0.4, 0.5) is 5.95 Å². The van der Waals surface area contributed by atoms with Gasteiger partial charge in [0, 0.05) is 51.1 Å². The third kappa shape index (κ3) is 3.64. The average molecular weight is 473 g/mol. The van der Waals surface area contributed by atoms with Crippen molar-refractivity contribution < 1.29 is 14.4 Å². The molecule has 0 spiro atoms. The van der Waals surface area contributed by atoms with Crippen LogP contribution < -0.4 is 5.32 Å². The zero-order valence-electron chi connectivity index (χ0n) is 19.3. The molecule has 1 saturated carbocycles. The summed E-state index contributed by atoms with van der Waals surface area (Å²) < 4.78 is 7.16. The molecule has 1 atom stereocenters. The number of hydrogen-bond donors (Lipinski definition) is 2. The number of aryl methyl sites for hydroxylation is 1. The standard InChI is InChI=1S/C24H24N8O3/c1-31-11-9-24(34,21(31)33)20-12-19(30-35-20)17-5-3-4-16(27-17)18-6-10-25-22(28-18)29-23(7-8-23)15-13-26-32(2)14-15/h3-6,10,12-14,34H,7-9,11H2,1-2H3,(H,25,28,29). The zero-order valence-corrected chi connectivity index (χ0v) is 19.3. The molecule has 35 heavy (non-hydrogen) atoms. The van der Waals surface area contributed by atoms with Crippen LogP contribution in [0, 0.1) is 0 Å². The van der Waals surface area contributed by atoms with Crippen molar-refractivity contribution in [2.45, 2.75) is 30.4 Å². The summed E-state index contributed by atoms with van der Waals surface area (Å²) in [6.07, 6.45) is 7.80. The Morgan fingerprint density at radius 3 is 2.51 bits per heavy atom. The van der Waals surface area contributed by atoms with Crippen LogP contribution in [-0.4, -0.2) is 59.4 Å². The molecule has 0 radical (unpaired) electrons. The number of nitrogens with one attached hydrogen (secondary N) is 1. The number of likely N-dealkylation sites (N-methyl/N-ethyl adjacent to an activating group) is 1. The lowest BCUT2D eigenvalue weighted by atomic mass is 9.98. The normalized spacial score (nSPS) is 20.9. The maximum Gasteiger partial charge on any atom is 0.262 e. The van der Waals surface area contributed by atoms with Crippen LogP contribution in [0.25, 0.3) is 22.8 Å². The topological polar surface area (TPSA) is 135 Å². The van der Waals surface area contributed by atoms with Crippen LogP contribution in [0.1, 0.15) is 30.6 Å². The van der Waals surface area contributed by atoms with E-state index in [1.165, 1.54) is 4.90 Å². The second-order valence-electron chi connectivity index (χ2n) is 9.20. The van der Waals surface area contributed by atoms with E-state index in [-0.39, 0.29) is 17.7 Å². The number of rotatable bonds is 6. The molecule has 5 heterocycles. The van der Waals surface area contributed by atoms with Gasteiger partial charge in [-0.15, -0.1) is 0 Å². The van der Waals surface area contributed by atoms with E-state index in [4.69, 9.17) is 9.51 Å². The monoisotopic (exact) mass is 472 g/mol. The number of likely N-dealkylation sites (tertiary alicyclic amines) is 1. The van der Waals surface area contributed by atoms with Crippen LogP contribution in [0.15, 0.2) is 53.4 Å². The number of pyridine rings is 1. The smallest absolute Gasteiger partial charge is 0.262 e. The Hall–Kier alpha value is -4.12. The van der Waals surface area contributed by atoms with E-state index in [0.717, 1.165) is 18.4 Å². The number of hydrogen-bond acceptors (Lipinski definition) is 9. The molecule has 1 amide bonds. The highest BCUT2D eigenvalue weighted by Crippen LogP contribution is 2.47. The Balaban J connectivity index is 1.26. The summed E-state index contributed by atoms with van der Waals surface area (Å²) >= 11 is 0. The van der Waals surface area contributed by atoms with E-state index in [2.05, 4.69) is 25.5 Å². The number of nitrogens with zero attached hydrogens (tertiary/aromatic N) is 7. The Bertz CT molecular complexity index is 1430. The first kappa shape index (κ1) is 21.4. The number of carbonyl (C=O) groups is 1. The predicted molar refractivity (Wildman–Crippen MR) is 125 cm³/mol. The Kier molecular flexibility index (Phi) is 4.71. The molecule has 178 valence electrons.